The van der Waals surface area contributed by atoms with Gasteiger partial charge in [0.1, 0.15) is 0 Å². The SMILES string of the molecule is Cc1ccsc1C(Cc1ccc(F)c(F)c1)NN. The molecule has 3 N–H and O–H groups in total. The fourth-order valence-corrected chi connectivity index (χ4v) is 2.86. The van der Waals surface area contributed by atoms with E-state index in [2.05, 4.69) is 5.43 Å². The normalized spacial score (nSPS) is 12.7. The molecule has 2 aromatic rings. The molecule has 1 unspecified atom stereocenters. The molecule has 0 saturated heterocycles. The van der Waals surface area contributed by atoms with Crippen LogP contribution in [0.4, 0.5) is 8.78 Å². The van der Waals surface area contributed by atoms with E-state index in [1.165, 1.54) is 6.07 Å². The van der Waals surface area contributed by atoms with Crippen LogP contribution >= 0.6 is 11.3 Å². The quantitative estimate of drug-likeness (QED) is 0.660. The van der Waals surface area contributed by atoms with Gasteiger partial charge in [-0.1, -0.05) is 6.07 Å². The number of nitrogens with two attached hydrogens (primary N) is 1. The third kappa shape index (κ3) is 2.75. The van der Waals surface area contributed by atoms with Gasteiger partial charge in [0, 0.05) is 4.88 Å². The molecule has 0 bridgehead atoms. The van der Waals surface area contributed by atoms with Gasteiger partial charge in [0.2, 0.25) is 0 Å². The number of halogens is 2. The summed E-state index contributed by atoms with van der Waals surface area (Å²) in [6, 6.07) is 5.85. The third-order valence-electron chi connectivity index (χ3n) is 2.84. The minimum Gasteiger partial charge on any atom is -0.271 e. The standard InChI is InChI=1S/C13H14F2N2S/c1-8-4-5-18-13(8)12(17-16)7-9-2-3-10(14)11(15)6-9/h2-6,12,17H,7,16H2,1H3. The Bertz CT molecular complexity index is 540. The van der Waals surface area contributed by atoms with E-state index < -0.39 is 11.6 Å². The third-order valence-corrected chi connectivity index (χ3v) is 3.98. The highest BCUT2D eigenvalue weighted by atomic mass is 32.1. The van der Waals surface area contributed by atoms with E-state index in [1.807, 2.05) is 18.4 Å². The lowest BCUT2D eigenvalue weighted by atomic mass is 10.0. The molecule has 1 heterocycles. The Labute approximate surface area is 108 Å². The van der Waals surface area contributed by atoms with Crippen LogP contribution in [-0.4, -0.2) is 0 Å². The Kier molecular flexibility index (Phi) is 4.06. The molecule has 1 aromatic heterocycles. The molecule has 0 radical (unpaired) electrons. The van der Waals surface area contributed by atoms with Gasteiger partial charge in [-0.2, -0.15) is 0 Å². The molecule has 0 aliphatic rings. The van der Waals surface area contributed by atoms with Gasteiger partial charge in [-0.05, 0) is 48.1 Å². The van der Waals surface area contributed by atoms with Crippen LogP contribution < -0.4 is 11.3 Å². The Morgan fingerprint density at radius 3 is 2.61 bits per heavy atom. The van der Waals surface area contributed by atoms with Crippen LogP contribution in [0.1, 0.15) is 22.0 Å². The smallest absolute Gasteiger partial charge is 0.159 e. The van der Waals surface area contributed by atoms with Gasteiger partial charge in [0.25, 0.3) is 0 Å². The van der Waals surface area contributed by atoms with Gasteiger partial charge >= 0.3 is 0 Å². The number of hydrogen-bond donors (Lipinski definition) is 2. The van der Waals surface area contributed by atoms with Crippen molar-refractivity contribution in [3.05, 3.63) is 57.3 Å². The average molecular weight is 268 g/mol. The first-order chi connectivity index (χ1) is 8.61. The molecule has 2 rings (SSSR count). The molecule has 5 heteroatoms. The molecule has 0 spiro atoms. The molecule has 2 nitrogen and oxygen atoms in total. The second-order valence-corrected chi connectivity index (χ2v) is 5.09. The van der Waals surface area contributed by atoms with E-state index in [9.17, 15) is 8.78 Å². The van der Waals surface area contributed by atoms with Crippen LogP contribution in [0.15, 0.2) is 29.6 Å². The van der Waals surface area contributed by atoms with E-state index >= 15 is 0 Å². The van der Waals surface area contributed by atoms with Gasteiger partial charge in [-0.25, -0.2) is 8.78 Å². The fraction of sp³-hybridized carbons (Fsp3) is 0.231. The molecule has 0 saturated carbocycles. The van der Waals surface area contributed by atoms with Crippen LogP contribution in [0.3, 0.4) is 0 Å². The summed E-state index contributed by atoms with van der Waals surface area (Å²) < 4.78 is 26.0. The Hall–Kier alpha value is -1.30. The molecular weight excluding hydrogens is 254 g/mol. The maximum Gasteiger partial charge on any atom is 0.159 e. The summed E-state index contributed by atoms with van der Waals surface area (Å²) >= 11 is 1.60. The van der Waals surface area contributed by atoms with Crippen molar-refractivity contribution in [3.63, 3.8) is 0 Å². The van der Waals surface area contributed by atoms with Crippen molar-refractivity contribution in [2.45, 2.75) is 19.4 Å². The van der Waals surface area contributed by atoms with Crippen molar-refractivity contribution >= 4 is 11.3 Å². The predicted octanol–water partition coefficient (Wildman–Crippen LogP) is 3.08. The topological polar surface area (TPSA) is 38.0 Å². The summed E-state index contributed by atoms with van der Waals surface area (Å²) in [5, 5.41) is 1.99. The molecule has 1 atom stereocenters. The number of thiophene rings is 1. The first kappa shape index (κ1) is 13.1. The Balaban J connectivity index is 2.20. The summed E-state index contributed by atoms with van der Waals surface area (Å²) in [6.45, 7) is 2.00. The lowest BCUT2D eigenvalue weighted by Crippen LogP contribution is -2.29. The maximum absolute atomic E-state index is 13.1. The van der Waals surface area contributed by atoms with Crippen LogP contribution in [0.2, 0.25) is 0 Å². The number of benzene rings is 1. The van der Waals surface area contributed by atoms with Crippen LogP contribution in [0.25, 0.3) is 0 Å². The minimum absolute atomic E-state index is 0.0881. The second-order valence-electron chi connectivity index (χ2n) is 4.14. The van der Waals surface area contributed by atoms with Crippen molar-refractivity contribution in [2.24, 2.45) is 5.84 Å². The number of hydrazine groups is 1. The van der Waals surface area contributed by atoms with Gasteiger partial charge in [-0.3, -0.25) is 11.3 Å². The molecule has 0 fully saturated rings. The molecule has 1 aromatic carbocycles. The largest absolute Gasteiger partial charge is 0.271 e. The van der Waals surface area contributed by atoms with Gasteiger partial charge in [0.15, 0.2) is 11.6 Å². The zero-order valence-electron chi connectivity index (χ0n) is 9.91. The maximum atomic E-state index is 13.1. The highest BCUT2D eigenvalue weighted by Crippen LogP contribution is 2.26. The van der Waals surface area contributed by atoms with Gasteiger partial charge in [0.05, 0.1) is 6.04 Å². The van der Waals surface area contributed by atoms with Crippen molar-refractivity contribution in [2.75, 3.05) is 0 Å². The van der Waals surface area contributed by atoms with Crippen molar-refractivity contribution in [3.8, 4) is 0 Å². The number of hydrogen-bond acceptors (Lipinski definition) is 3. The first-order valence-electron chi connectivity index (χ1n) is 5.56. The Morgan fingerprint density at radius 1 is 1.28 bits per heavy atom. The van der Waals surface area contributed by atoms with E-state index in [4.69, 9.17) is 5.84 Å². The second kappa shape index (κ2) is 5.56. The molecule has 0 aliphatic carbocycles. The van der Waals surface area contributed by atoms with Crippen LogP contribution in [0.5, 0.6) is 0 Å². The van der Waals surface area contributed by atoms with E-state index in [-0.39, 0.29) is 6.04 Å². The highest BCUT2D eigenvalue weighted by Gasteiger charge is 2.15. The van der Waals surface area contributed by atoms with Crippen molar-refractivity contribution < 1.29 is 8.78 Å². The average Bonchev–Trinajstić information content (AvgIpc) is 2.77. The number of aryl methyl sites for hydroxylation is 1. The summed E-state index contributed by atoms with van der Waals surface area (Å²) in [6.07, 6.45) is 0.523. The predicted molar refractivity (Wildman–Crippen MR) is 69.2 cm³/mol. The highest BCUT2D eigenvalue weighted by molar-refractivity contribution is 7.10. The van der Waals surface area contributed by atoms with Crippen LogP contribution in [-0.2, 0) is 6.42 Å². The summed E-state index contributed by atoms with van der Waals surface area (Å²) in [7, 11) is 0. The number of nitrogens with one attached hydrogen (secondary N) is 1. The fourth-order valence-electron chi connectivity index (χ4n) is 1.87. The molecule has 96 valence electrons. The zero-order chi connectivity index (χ0) is 13.1. The summed E-state index contributed by atoms with van der Waals surface area (Å²) in [5.74, 6) is 3.88. The number of rotatable bonds is 4. The Morgan fingerprint density at radius 2 is 2.06 bits per heavy atom. The molecule has 18 heavy (non-hydrogen) atoms. The van der Waals surface area contributed by atoms with Crippen molar-refractivity contribution in [1.29, 1.82) is 0 Å². The minimum atomic E-state index is -0.830. The monoisotopic (exact) mass is 268 g/mol. The lowest BCUT2D eigenvalue weighted by Gasteiger charge is -2.15. The summed E-state index contributed by atoms with van der Waals surface area (Å²) in [4.78, 5) is 1.11. The van der Waals surface area contributed by atoms with E-state index in [0.717, 1.165) is 16.5 Å². The summed E-state index contributed by atoms with van der Waals surface area (Å²) in [5.41, 5.74) is 4.58. The van der Waals surface area contributed by atoms with Gasteiger partial charge in [-0.15, -0.1) is 11.3 Å². The van der Waals surface area contributed by atoms with Crippen molar-refractivity contribution in [1.82, 2.24) is 5.43 Å². The zero-order valence-corrected chi connectivity index (χ0v) is 10.7. The van der Waals surface area contributed by atoms with E-state index in [0.29, 0.717) is 12.0 Å². The molecular formula is C13H14F2N2S. The van der Waals surface area contributed by atoms with Gasteiger partial charge < -0.3 is 0 Å². The molecule has 0 amide bonds. The van der Waals surface area contributed by atoms with Crippen LogP contribution in [0, 0.1) is 18.6 Å². The van der Waals surface area contributed by atoms with E-state index in [1.54, 1.807) is 17.4 Å². The first-order valence-corrected chi connectivity index (χ1v) is 6.44. The molecule has 0 aliphatic heterocycles. The lowest BCUT2D eigenvalue weighted by molar-refractivity contribution is 0.503.